The van der Waals surface area contributed by atoms with Crippen molar-refractivity contribution in [2.75, 3.05) is 0 Å². The van der Waals surface area contributed by atoms with Crippen molar-refractivity contribution in [3.8, 4) is 0 Å². The molecule has 0 unspecified atom stereocenters. The van der Waals surface area contributed by atoms with E-state index in [2.05, 4.69) is 4.40 Å². The van der Waals surface area contributed by atoms with Crippen molar-refractivity contribution in [1.82, 2.24) is 0 Å². The van der Waals surface area contributed by atoms with E-state index < -0.39 is 10.0 Å². The maximum Gasteiger partial charge on any atom is 0.282 e. The van der Waals surface area contributed by atoms with Crippen molar-refractivity contribution < 1.29 is 8.42 Å². The molecule has 0 aliphatic heterocycles. The number of hydrogen-bond donors (Lipinski definition) is 0. The van der Waals surface area contributed by atoms with Crippen LogP contribution in [0.5, 0.6) is 0 Å². The lowest BCUT2D eigenvalue weighted by atomic mass is 10.2. The number of hydrogen-bond acceptors (Lipinski definition) is 2. The largest absolute Gasteiger partial charge is 0.282 e. The summed E-state index contributed by atoms with van der Waals surface area (Å²) in [4.78, 5) is 0.137. The standard InChI is InChI=1S/C14H11Cl2NO2S/c1-10-5-7-12(8-6-10)20(18,19)17-9-11-3-2-4-13(15)14(11)16/h2-9H,1H3/b17-9-. The van der Waals surface area contributed by atoms with Gasteiger partial charge in [-0.1, -0.05) is 53.0 Å². The van der Waals surface area contributed by atoms with Crippen molar-refractivity contribution in [1.29, 1.82) is 0 Å². The Balaban J connectivity index is 2.35. The molecule has 0 radical (unpaired) electrons. The average Bonchev–Trinajstić information content (AvgIpc) is 2.41. The van der Waals surface area contributed by atoms with E-state index in [1.54, 1.807) is 30.3 Å². The van der Waals surface area contributed by atoms with E-state index in [0.717, 1.165) is 5.56 Å². The molecule has 0 atom stereocenters. The summed E-state index contributed by atoms with van der Waals surface area (Å²) in [5.41, 5.74) is 1.43. The molecule has 0 aromatic heterocycles. The molecular weight excluding hydrogens is 317 g/mol. The SMILES string of the molecule is Cc1ccc(S(=O)(=O)/N=C\c2cccc(Cl)c2Cl)cc1. The summed E-state index contributed by atoms with van der Waals surface area (Å²) in [6.07, 6.45) is 1.20. The van der Waals surface area contributed by atoms with Crippen molar-refractivity contribution in [2.24, 2.45) is 4.40 Å². The van der Waals surface area contributed by atoms with E-state index in [9.17, 15) is 8.42 Å². The average molecular weight is 328 g/mol. The zero-order valence-electron chi connectivity index (χ0n) is 10.5. The van der Waals surface area contributed by atoms with Crippen LogP contribution in [0.1, 0.15) is 11.1 Å². The quantitative estimate of drug-likeness (QED) is 0.796. The van der Waals surface area contributed by atoms with Gasteiger partial charge in [0.15, 0.2) is 0 Å². The molecular formula is C14H11Cl2NO2S. The van der Waals surface area contributed by atoms with Gasteiger partial charge in [-0.05, 0) is 25.1 Å². The van der Waals surface area contributed by atoms with Gasteiger partial charge in [-0.3, -0.25) is 0 Å². The molecule has 0 saturated heterocycles. The normalized spacial score (nSPS) is 11.9. The van der Waals surface area contributed by atoms with E-state index in [1.807, 2.05) is 6.92 Å². The molecule has 104 valence electrons. The van der Waals surface area contributed by atoms with Gasteiger partial charge in [0.1, 0.15) is 0 Å². The number of benzene rings is 2. The maximum absolute atomic E-state index is 12.0. The molecule has 20 heavy (non-hydrogen) atoms. The Bertz CT molecular complexity index is 753. The summed E-state index contributed by atoms with van der Waals surface area (Å²) in [5.74, 6) is 0. The minimum absolute atomic E-state index is 0.137. The molecule has 0 fully saturated rings. The first-order chi connectivity index (χ1) is 9.40. The third-order valence-corrected chi connectivity index (χ3v) is 4.72. The lowest BCUT2D eigenvalue weighted by Crippen LogP contribution is -1.98. The monoisotopic (exact) mass is 327 g/mol. The second kappa shape index (κ2) is 5.95. The van der Waals surface area contributed by atoms with Crippen LogP contribution in [-0.2, 0) is 10.0 Å². The minimum Gasteiger partial charge on any atom is -0.199 e. The Labute approximate surface area is 127 Å². The molecule has 2 rings (SSSR count). The van der Waals surface area contributed by atoms with Crippen molar-refractivity contribution in [3.05, 3.63) is 63.6 Å². The zero-order chi connectivity index (χ0) is 14.8. The second-order valence-corrected chi connectivity index (χ2v) is 6.58. The maximum atomic E-state index is 12.0. The van der Waals surface area contributed by atoms with E-state index in [4.69, 9.17) is 23.2 Å². The molecule has 3 nitrogen and oxygen atoms in total. The third-order valence-electron chi connectivity index (χ3n) is 2.63. The first-order valence-corrected chi connectivity index (χ1v) is 7.91. The fourth-order valence-electron chi connectivity index (χ4n) is 1.52. The molecule has 0 aliphatic rings. The van der Waals surface area contributed by atoms with E-state index in [1.165, 1.54) is 18.3 Å². The molecule has 2 aromatic rings. The highest BCUT2D eigenvalue weighted by molar-refractivity contribution is 7.90. The minimum atomic E-state index is -3.74. The van der Waals surface area contributed by atoms with Crippen molar-refractivity contribution in [3.63, 3.8) is 0 Å². The summed E-state index contributed by atoms with van der Waals surface area (Å²) in [6, 6.07) is 11.4. The first kappa shape index (κ1) is 15.0. The van der Waals surface area contributed by atoms with Crippen LogP contribution < -0.4 is 0 Å². The van der Waals surface area contributed by atoms with Gasteiger partial charge in [-0.25, -0.2) is 0 Å². The third kappa shape index (κ3) is 3.39. The summed E-state index contributed by atoms with van der Waals surface area (Å²) in [5, 5.41) is 0.625. The summed E-state index contributed by atoms with van der Waals surface area (Å²) < 4.78 is 27.7. The van der Waals surface area contributed by atoms with Gasteiger partial charge >= 0.3 is 0 Å². The van der Waals surface area contributed by atoms with Crippen LogP contribution in [0.2, 0.25) is 10.0 Å². The highest BCUT2D eigenvalue weighted by atomic mass is 35.5. The van der Waals surface area contributed by atoms with Crippen LogP contribution in [0.3, 0.4) is 0 Å². The fraction of sp³-hybridized carbons (Fsp3) is 0.0714. The molecule has 0 N–H and O–H groups in total. The lowest BCUT2D eigenvalue weighted by Gasteiger charge is -2.01. The topological polar surface area (TPSA) is 46.5 Å². The smallest absolute Gasteiger partial charge is 0.199 e. The number of aryl methyl sites for hydroxylation is 1. The lowest BCUT2D eigenvalue weighted by molar-refractivity contribution is 0.598. The molecule has 0 saturated carbocycles. The highest BCUT2D eigenvalue weighted by Crippen LogP contribution is 2.24. The van der Waals surface area contributed by atoms with Crippen LogP contribution in [0.15, 0.2) is 51.8 Å². The number of nitrogens with zero attached hydrogens (tertiary/aromatic N) is 1. The molecule has 0 spiro atoms. The van der Waals surface area contributed by atoms with E-state index in [0.29, 0.717) is 10.6 Å². The molecule has 0 amide bonds. The molecule has 0 aliphatic carbocycles. The van der Waals surface area contributed by atoms with E-state index >= 15 is 0 Å². The zero-order valence-corrected chi connectivity index (χ0v) is 12.9. The van der Waals surface area contributed by atoms with Gasteiger partial charge < -0.3 is 0 Å². The summed E-state index contributed by atoms with van der Waals surface area (Å²) in [6.45, 7) is 1.88. The van der Waals surface area contributed by atoms with Gasteiger partial charge in [-0.15, -0.1) is 0 Å². The van der Waals surface area contributed by atoms with Crippen LogP contribution in [0.25, 0.3) is 0 Å². The second-order valence-electron chi connectivity index (χ2n) is 4.17. The summed E-state index contributed by atoms with van der Waals surface area (Å²) in [7, 11) is -3.74. The van der Waals surface area contributed by atoms with Gasteiger partial charge in [0.05, 0.1) is 14.9 Å². The Morgan fingerprint density at radius 1 is 1.05 bits per heavy atom. The first-order valence-electron chi connectivity index (χ1n) is 5.71. The van der Waals surface area contributed by atoms with Gasteiger partial charge in [-0.2, -0.15) is 12.8 Å². The molecule has 0 heterocycles. The Hall–Kier alpha value is -1.36. The Morgan fingerprint density at radius 2 is 1.70 bits per heavy atom. The van der Waals surface area contributed by atoms with Gasteiger partial charge in [0, 0.05) is 11.8 Å². The molecule has 6 heteroatoms. The molecule has 2 aromatic carbocycles. The van der Waals surface area contributed by atoms with Gasteiger partial charge in [0.2, 0.25) is 0 Å². The predicted octanol–water partition coefficient (Wildman–Crippen LogP) is 4.11. The Morgan fingerprint density at radius 3 is 2.35 bits per heavy atom. The Kier molecular flexibility index (Phi) is 4.48. The number of sulfonamides is 1. The highest BCUT2D eigenvalue weighted by Gasteiger charge is 2.11. The number of rotatable bonds is 3. The van der Waals surface area contributed by atoms with Crippen molar-refractivity contribution in [2.45, 2.75) is 11.8 Å². The van der Waals surface area contributed by atoms with Crippen LogP contribution in [0, 0.1) is 6.92 Å². The van der Waals surface area contributed by atoms with Crippen LogP contribution in [-0.4, -0.2) is 14.6 Å². The predicted molar refractivity (Wildman–Crippen MR) is 82.4 cm³/mol. The van der Waals surface area contributed by atoms with E-state index in [-0.39, 0.29) is 9.92 Å². The van der Waals surface area contributed by atoms with Crippen LogP contribution >= 0.6 is 23.2 Å². The van der Waals surface area contributed by atoms with Gasteiger partial charge in [0.25, 0.3) is 10.0 Å². The van der Waals surface area contributed by atoms with Crippen molar-refractivity contribution >= 4 is 39.4 Å². The summed E-state index contributed by atoms with van der Waals surface area (Å²) >= 11 is 11.8. The van der Waals surface area contributed by atoms with Crippen LogP contribution in [0.4, 0.5) is 0 Å². The number of halogens is 2. The molecule has 0 bridgehead atoms. The fourth-order valence-corrected chi connectivity index (χ4v) is 2.73.